The van der Waals surface area contributed by atoms with Gasteiger partial charge >= 0.3 is 0 Å². The van der Waals surface area contributed by atoms with Crippen LogP contribution in [0.5, 0.6) is 0 Å². The zero-order valence-corrected chi connectivity index (χ0v) is 8.94. The van der Waals surface area contributed by atoms with E-state index in [2.05, 4.69) is 31.0 Å². The SMILES string of the molecule is CC(C)Nc1nnc(NC(C)C)nn1. The van der Waals surface area contributed by atoms with E-state index in [9.17, 15) is 0 Å². The van der Waals surface area contributed by atoms with E-state index < -0.39 is 0 Å². The Morgan fingerprint density at radius 3 is 1.21 bits per heavy atom. The maximum atomic E-state index is 3.87. The molecule has 0 atom stereocenters. The smallest absolute Gasteiger partial charge is 0.262 e. The fraction of sp³-hybridized carbons (Fsp3) is 0.750. The van der Waals surface area contributed by atoms with E-state index in [1.165, 1.54) is 0 Å². The lowest BCUT2D eigenvalue weighted by atomic mass is 10.4. The lowest BCUT2D eigenvalue weighted by Gasteiger charge is -2.08. The third-order valence-corrected chi connectivity index (χ3v) is 1.31. The van der Waals surface area contributed by atoms with Crippen LogP contribution in [0.2, 0.25) is 0 Å². The van der Waals surface area contributed by atoms with Gasteiger partial charge in [-0.1, -0.05) is 0 Å². The number of aromatic nitrogens is 4. The summed E-state index contributed by atoms with van der Waals surface area (Å²) < 4.78 is 0. The molecule has 0 radical (unpaired) electrons. The van der Waals surface area contributed by atoms with Gasteiger partial charge in [-0.15, -0.1) is 20.4 Å². The molecule has 1 aromatic rings. The van der Waals surface area contributed by atoms with Gasteiger partial charge in [0.1, 0.15) is 0 Å². The molecule has 1 rings (SSSR count). The summed E-state index contributed by atoms with van der Waals surface area (Å²) in [5, 5.41) is 21.5. The quantitative estimate of drug-likeness (QED) is 0.745. The first-order valence-corrected chi connectivity index (χ1v) is 4.68. The molecule has 0 bridgehead atoms. The van der Waals surface area contributed by atoms with Crippen molar-refractivity contribution in [1.29, 1.82) is 0 Å². The summed E-state index contributed by atoms with van der Waals surface area (Å²) in [5.74, 6) is 0.906. The Morgan fingerprint density at radius 2 is 1.00 bits per heavy atom. The van der Waals surface area contributed by atoms with E-state index in [0.29, 0.717) is 11.9 Å². The summed E-state index contributed by atoms with van der Waals surface area (Å²) in [6.45, 7) is 8.01. The Kier molecular flexibility index (Phi) is 3.55. The molecule has 14 heavy (non-hydrogen) atoms. The Bertz CT molecular complexity index is 239. The highest BCUT2D eigenvalue weighted by Crippen LogP contribution is 1.99. The first kappa shape index (κ1) is 10.6. The van der Waals surface area contributed by atoms with Crippen LogP contribution in [0, 0.1) is 0 Å². The van der Waals surface area contributed by atoms with Crippen LogP contribution < -0.4 is 10.6 Å². The molecule has 0 spiro atoms. The van der Waals surface area contributed by atoms with Gasteiger partial charge < -0.3 is 10.6 Å². The molecule has 6 nitrogen and oxygen atoms in total. The van der Waals surface area contributed by atoms with Crippen LogP contribution in [0.4, 0.5) is 11.9 Å². The average Bonchev–Trinajstić information content (AvgIpc) is 2.06. The fourth-order valence-corrected chi connectivity index (χ4v) is 0.861. The molecule has 6 heteroatoms. The zero-order valence-electron chi connectivity index (χ0n) is 8.94. The van der Waals surface area contributed by atoms with E-state index in [0.717, 1.165) is 0 Å². The third kappa shape index (κ3) is 3.51. The number of nitrogens with zero attached hydrogens (tertiary/aromatic N) is 4. The molecule has 0 fully saturated rings. The maximum Gasteiger partial charge on any atom is 0.262 e. The van der Waals surface area contributed by atoms with Gasteiger partial charge in [0.25, 0.3) is 11.9 Å². The highest BCUT2D eigenvalue weighted by Gasteiger charge is 2.02. The zero-order chi connectivity index (χ0) is 10.6. The van der Waals surface area contributed by atoms with Gasteiger partial charge in [-0.2, -0.15) is 0 Å². The van der Waals surface area contributed by atoms with Gasteiger partial charge in [-0.3, -0.25) is 0 Å². The Morgan fingerprint density at radius 1 is 0.714 bits per heavy atom. The van der Waals surface area contributed by atoms with Crippen molar-refractivity contribution in [1.82, 2.24) is 20.4 Å². The van der Waals surface area contributed by atoms with Crippen molar-refractivity contribution in [3.8, 4) is 0 Å². The van der Waals surface area contributed by atoms with Crippen molar-refractivity contribution in [2.24, 2.45) is 0 Å². The Balaban J connectivity index is 2.59. The summed E-state index contributed by atoms with van der Waals surface area (Å²) >= 11 is 0. The van der Waals surface area contributed by atoms with Gasteiger partial charge in [0, 0.05) is 12.1 Å². The molecule has 0 aromatic carbocycles. The van der Waals surface area contributed by atoms with Crippen molar-refractivity contribution in [2.75, 3.05) is 10.6 Å². The first-order chi connectivity index (χ1) is 6.58. The monoisotopic (exact) mass is 196 g/mol. The van der Waals surface area contributed by atoms with Crippen LogP contribution in [0.15, 0.2) is 0 Å². The van der Waals surface area contributed by atoms with Crippen LogP contribution in [0.1, 0.15) is 27.7 Å². The van der Waals surface area contributed by atoms with Crippen LogP contribution in [-0.4, -0.2) is 32.5 Å². The molecular weight excluding hydrogens is 180 g/mol. The second kappa shape index (κ2) is 4.69. The Hall–Kier alpha value is -1.46. The summed E-state index contributed by atoms with van der Waals surface area (Å²) in [4.78, 5) is 0. The predicted octanol–water partition coefficient (Wildman–Crippen LogP) is 0.907. The lowest BCUT2D eigenvalue weighted by Crippen LogP contribution is -2.17. The topological polar surface area (TPSA) is 75.6 Å². The number of hydrogen-bond donors (Lipinski definition) is 2. The van der Waals surface area contributed by atoms with Crippen LogP contribution >= 0.6 is 0 Å². The molecule has 1 heterocycles. The summed E-state index contributed by atoms with van der Waals surface area (Å²) in [7, 11) is 0. The largest absolute Gasteiger partial charge is 0.349 e. The van der Waals surface area contributed by atoms with Gasteiger partial charge in [-0.05, 0) is 27.7 Å². The van der Waals surface area contributed by atoms with Crippen molar-refractivity contribution < 1.29 is 0 Å². The number of hydrogen-bond acceptors (Lipinski definition) is 6. The molecule has 0 saturated carbocycles. The molecule has 2 N–H and O–H groups in total. The van der Waals surface area contributed by atoms with Crippen molar-refractivity contribution in [3.63, 3.8) is 0 Å². The predicted molar refractivity (Wildman–Crippen MR) is 55.1 cm³/mol. The van der Waals surface area contributed by atoms with Gasteiger partial charge in [0.2, 0.25) is 0 Å². The molecule has 0 unspecified atom stereocenters. The van der Waals surface area contributed by atoms with Crippen LogP contribution in [0.3, 0.4) is 0 Å². The summed E-state index contributed by atoms with van der Waals surface area (Å²) in [6, 6.07) is 0.560. The van der Waals surface area contributed by atoms with Crippen LogP contribution in [-0.2, 0) is 0 Å². The normalized spacial score (nSPS) is 10.7. The van der Waals surface area contributed by atoms with E-state index in [4.69, 9.17) is 0 Å². The van der Waals surface area contributed by atoms with Crippen molar-refractivity contribution in [3.05, 3.63) is 0 Å². The molecule has 0 aliphatic carbocycles. The minimum Gasteiger partial charge on any atom is -0.349 e. The number of anilines is 2. The van der Waals surface area contributed by atoms with E-state index in [-0.39, 0.29) is 12.1 Å². The highest BCUT2D eigenvalue weighted by molar-refractivity contribution is 5.26. The summed E-state index contributed by atoms with van der Waals surface area (Å²) in [5.41, 5.74) is 0. The van der Waals surface area contributed by atoms with E-state index >= 15 is 0 Å². The minimum atomic E-state index is 0.280. The number of nitrogens with one attached hydrogen (secondary N) is 2. The fourth-order valence-electron chi connectivity index (χ4n) is 0.861. The molecule has 0 aliphatic heterocycles. The standard InChI is InChI=1S/C8H16N6/c1-5(2)9-7-11-13-8(14-12-7)10-6(3)4/h5-6H,1-4H3,(H,9,11,12)(H,10,13,14). The molecular formula is C8H16N6. The van der Waals surface area contributed by atoms with Gasteiger partial charge in [0.05, 0.1) is 0 Å². The molecule has 0 amide bonds. The van der Waals surface area contributed by atoms with Gasteiger partial charge in [0.15, 0.2) is 0 Å². The van der Waals surface area contributed by atoms with E-state index in [1.54, 1.807) is 0 Å². The maximum absolute atomic E-state index is 3.87. The highest BCUT2D eigenvalue weighted by atomic mass is 15.4. The van der Waals surface area contributed by atoms with Gasteiger partial charge in [-0.25, -0.2) is 0 Å². The Labute approximate surface area is 83.5 Å². The molecule has 0 aliphatic rings. The van der Waals surface area contributed by atoms with Crippen molar-refractivity contribution in [2.45, 2.75) is 39.8 Å². The van der Waals surface area contributed by atoms with Crippen molar-refractivity contribution >= 4 is 11.9 Å². The second-order valence-electron chi connectivity index (χ2n) is 3.65. The minimum absolute atomic E-state index is 0.280. The molecule has 78 valence electrons. The molecule has 0 saturated heterocycles. The van der Waals surface area contributed by atoms with Crippen LogP contribution in [0.25, 0.3) is 0 Å². The second-order valence-corrected chi connectivity index (χ2v) is 3.65. The first-order valence-electron chi connectivity index (χ1n) is 4.68. The van der Waals surface area contributed by atoms with E-state index in [1.807, 2.05) is 27.7 Å². The average molecular weight is 196 g/mol. The molecule has 1 aromatic heterocycles. The number of rotatable bonds is 4. The lowest BCUT2D eigenvalue weighted by molar-refractivity contribution is 0.785. The third-order valence-electron chi connectivity index (χ3n) is 1.31. The summed E-state index contributed by atoms with van der Waals surface area (Å²) in [6.07, 6.45) is 0.